The molecule has 0 bridgehead atoms. The van der Waals surface area contributed by atoms with Gasteiger partial charge in [-0.1, -0.05) is 31.9 Å². The summed E-state index contributed by atoms with van der Waals surface area (Å²) in [6.45, 7) is 3.22. The van der Waals surface area contributed by atoms with Crippen molar-refractivity contribution < 1.29 is 10.2 Å². The predicted molar refractivity (Wildman–Crippen MR) is 78.4 cm³/mol. The third-order valence-corrected chi connectivity index (χ3v) is 4.08. The Morgan fingerprint density at radius 1 is 1.21 bits per heavy atom. The highest BCUT2D eigenvalue weighted by Crippen LogP contribution is 2.26. The average molecular weight is 263 g/mol. The Kier molecular flexibility index (Phi) is 5.23. The standard InChI is InChI=1S/C16H25NO2/c1-2-16(19)13-7-9-14(10-8-13)17-11-5-3-4-6-15(17)12-18/h7-10,15-16,18-19H,2-6,11-12H2,1H3. The molecule has 1 saturated heterocycles. The van der Waals surface area contributed by atoms with E-state index in [0.717, 1.165) is 30.6 Å². The average Bonchev–Trinajstić information content (AvgIpc) is 2.71. The van der Waals surface area contributed by atoms with E-state index in [1.165, 1.54) is 19.3 Å². The van der Waals surface area contributed by atoms with Crippen molar-refractivity contribution in [2.75, 3.05) is 18.1 Å². The van der Waals surface area contributed by atoms with Gasteiger partial charge in [0.1, 0.15) is 0 Å². The molecule has 2 atom stereocenters. The molecule has 3 nitrogen and oxygen atoms in total. The van der Waals surface area contributed by atoms with E-state index in [2.05, 4.69) is 17.0 Å². The SMILES string of the molecule is CCC(O)c1ccc(N2CCCCCC2CO)cc1. The van der Waals surface area contributed by atoms with Crippen molar-refractivity contribution in [3.8, 4) is 0 Å². The summed E-state index contributed by atoms with van der Waals surface area (Å²) >= 11 is 0. The number of hydrogen-bond acceptors (Lipinski definition) is 3. The zero-order valence-corrected chi connectivity index (χ0v) is 11.8. The second-order valence-corrected chi connectivity index (χ2v) is 5.39. The minimum Gasteiger partial charge on any atom is -0.394 e. The maximum Gasteiger partial charge on any atom is 0.0787 e. The van der Waals surface area contributed by atoms with Gasteiger partial charge in [-0.05, 0) is 37.0 Å². The number of hydrogen-bond donors (Lipinski definition) is 2. The Morgan fingerprint density at radius 3 is 2.58 bits per heavy atom. The van der Waals surface area contributed by atoms with Crippen LogP contribution in [0.5, 0.6) is 0 Å². The van der Waals surface area contributed by atoms with E-state index in [1.807, 2.05) is 19.1 Å². The third kappa shape index (κ3) is 3.48. The first-order valence-corrected chi connectivity index (χ1v) is 7.41. The molecule has 2 rings (SSSR count). The number of aliphatic hydroxyl groups is 2. The fourth-order valence-corrected chi connectivity index (χ4v) is 2.83. The molecule has 2 unspecified atom stereocenters. The molecule has 1 aromatic rings. The van der Waals surface area contributed by atoms with Gasteiger partial charge in [-0.25, -0.2) is 0 Å². The van der Waals surface area contributed by atoms with Crippen molar-refractivity contribution >= 4 is 5.69 Å². The van der Waals surface area contributed by atoms with Crippen LogP contribution in [0, 0.1) is 0 Å². The quantitative estimate of drug-likeness (QED) is 0.878. The summed E-state index contributed by atoms with van der Waals surface area (Å²) in [6.07, 6.45) is 5.08. The first-order valence-electron chi connectivity index (χ1n) is 7.41. The topological polar surface area (TPSA) is 43.7 Å². The van der Waals surface area contributed by atoms with Gasteiger partial charge in [0, 0.05) is 12.2 Å². The Bertz CT molecular complexity index is 377. The number of anilines is 1. The van der Waals surface area contributed by atoms with E-state index in [1.54, 1.807) is 0 Å². The third-order valence-electron chi connectivity index (χ3n) is 4.08. The monoisotopic (exact) mass is 263 g/mol. The smallest absolute Gasteiger partial charge is 0.0787 e. The minimum atomic E-state index is -0.369. The van der Waals surface area contributed by atoms with Crippen molar-refractivity contribution in [3.05, 3.63) is 29.8 Å². The molecule has 1 aliphatic rings. The van der Waals surface area contributed by atoms with Gasteiger partial charge in [0.25, 0.3) is 0 Å². The molecule has 0 amide bonds. The highest BCUT2D eigenvalue weighted by atomic mass is 16.3. The first-order chi connectivity index (χ1) is 9.26. The zero-order chi connectivity index (χ0) is 13.7. The first kappa shape index (κ1) is 14.4. The van der Waals surface area contributed by atoms with Gasteiger partial charge in [-0.15, -0.1) is 0 Å². The van der Waals surface area contributed by atoms with Crippen molar-refractivity contribution in [3.63, 3.8) is 0 Å². The van der Waals surface area contributed by atoms with Crippen LogP contribution in [0.2, 0.25) is 0 Å². The molecule has 1 aliphatic heterocycles. The van der Waals surface area contributed by atoms with Crippen molar-refractivity contribution in [1.82, 2.24) is 0 Å². The fourth-order valence-electron chi connectivity index (χ4n) is 2.83. The summed E-state index contributed by atoms with van der Waals surface area (Å²) in [5.74, 6) is 0. The summed E-state index contributed by atoms with van der Waals surface area (Å²) in [4.78, 5) is 2.31. The summed E-state index contributed by atoms with van der Waals surface area (Å²) in [5.41, 5.74) is 2.13. The summed E-state index contributed by atoms with van der Waals surface area (Å²) in [6, 6.07) is 8.39. The van der Waals surface area contributed by atoms with E-state index in [0.29, 0.717) is 0 Å². The van der Waals surface area contributed by atoms with Crippen LogP contribution in [-0.2, 0) is 0 Å². The molecule has 0 saturated carbocycles. The molecule has 19 heavy (non-hydrogen) atoms. The molecule has 0 radical (unpaired) electrons. The summed E-state index contributed by atoms with van der Waals surface area (Å²) in [5, 5.41) is 19.4. The molecule has 0 aromatic heterocycles. The molecular formula is C16H25NO2. The summed E-state index contributed by atoms with van der Waals surface area (Å²) in [7, 11) is 0. The minimum absolute atomic E-state index is 0.222. The molecule has 1 fully saturated rings. The van der Waals surface area contributed by atoms with Crippen LogP contribution in [0.15, 0.2) is 24.3 Å². The Balaban J connectivity index is 2.14. The van der Waals surface area contributed by atoms with E-state index >= 15 is 0 Å². The van der Waals surface area contributed by atoms with E-state index < -0.39 is 0 Å². The van der Waals surface area contributed by atoms with Crippen LogP contribution < -0.4 is 4.90 Å². The van der Waals surface area contributed by atoms with Crippen LogP contribution >= 0.6 is 0 Å². The molecule has 0 aliphatic carbocycles. The number of aliphatic hydroxyl groups excluding tert-OH is 2. The lowest BCUT2D eigenvalue weighted by Gasteiger charge is -2.31. The normalized spacial score (nSPS) is 22.1. The largest absolute Gasteiger partial charge is 0.394 e. The molecular weight excluding hydrogens is 238 g/mol. The Morgan fingerprint density at radius 2 is 1.95 bits per heavy atom. The Hall–Kier alpha value is -1.06. The fraction of sp³-hybridized carbons (Fsp3) is 0.625. The molecule has 2 N–H and O–H groups in total. The van der Waals surface area contributed by atoms with Crippen LogP contribution in [0.4, 0.5) is 5.69 Å². The van der Waals surface area contributed by atoms with Gasteiger partial charge in [-0.2, -0.15) is 0 Å². The van der Waals surface area contributed by atoms with Gasteiger partial charge in [0.2, 0.25) is 0 Å². The lowest BCUT2D eigenvalue weighted by molar-refractivity contribution is 0.173. The van der Waals surface area contributed by atoms with E-state index in [4.69, 9.17) is 0 Å². The van der Waals surface area contributed by atoms with Crippen molar-refractivity contribution in [2.45, 2.75) is 51.2 Å². The van der Waals surface area contributed by atoms with Gasteiger partial charge >= 0.3 is 0 Å². The molecule has 1 heterocycles. The van der Waals surface area contributed by atoms with E-state index in [-0.39, 0.29) is 18.8 Å². The van der Waals surface area contributed by atoms with Crippen molar-refractivity contribution in [2.24, 2.45) is 0 Å². The van der Waals surface area contributed by atoms with Crippen molar-refractivity contribution in [1.29, 1.82) is 0 Å². The lowest BCUT2D eigenvalue weighted by atomic mass is 10.1. The van der Waals surface area contributed by atoms with Crippen LogP contribution in [0.3, 0.4) is 0 Å². The summed E-state index contributed by atoms with van der Waals surface area (Å²) < 4.78 is 0. The molecule has 106 valence electrons. The highest BCUT2D eigenvalue weighted by Gasteiger charge is 2.20. The second-order valence-electron chi connectivity index (χ2n) is 5.39. The van der Waals surface area contributed by atoms with Gasteiger partial charge in [0.15, 0.2) is 0 Å². The van der Waals surface area contributed by atoms with E-state index in [9.17, 15) is 10.2 Å². The molecule has 3 heteroatoms. The zero-order valence-electron chi connectivity index (χ0n) is 11.8. The van der Waals surface area contributed by atoms with Gasteiger partial charge in [0.05, 0.1) is 18.8 Å². The number of benzene rings is 1. The highest BCUT2D eigenvalue weighted by molar-refractivity contribution is 5.49. The maximum atomic E-state index is 9.82. The maximum absolute atomic E-state index is 9.82. The molecule has 0 spiro atoms. The van der Waals surface area contributed by atoms with Crippen LogP contribution in [0.1, 0.15) is 50.7 Å². The van der Waals surface area contributed by atoms with Crippen LogP contribution in [-0.4, -0.2) is 29.4 Å². The number of nitrogens with zero attached hydrogens (tertiary/aromatic N) is 1. The Labute approximate surface area is 115 Å². The second kappa shape index (κ2) is 6.92. The molecule has 1 aromatic carbocycles. The van der Waals surface area contributed by atoms with Gasteiger partial charge in [-0.3, -0.25) is 0 Å². The van der Waals surface area contributed by atoms with Crippen LogP contribution in [0.25, 0.3) is 0 Å². The van der Waals surface area contributed by atoms with Gasteiger partial charge < -0.3 is 15.1 Å². The number of rotatable bonds is 4. The predicted octanol–water partition coefficient (Wildman–Crippen LogP) is 2.87. The lowest BCUT2D eigenvalue weighted by Crippen LogP contribution is -2.37.